The molecule has 0 aliphatic carbocycles. The summed E-state index contributed by atoms with van der Waals surface area (Å²) < 4.78 is 3.93. The van der Waals surface area contributed by atoms with E-state index in [1.165, 1.54) is 6.34 Å². The summed E-state index contributed by atoms with van der Waals surface area (Å²) in [4.78, 5) is 3.80. The molecule has 0 unspecified atom stereocenters. The van der Waals surface area contributed by atoms with Crippen LogP contribution in [0.1, 0.15) is 6.92 Å². The van der Waals surface area contributed by atoms with Gasteiger partial charge in [0.2, 0.25) is 5.71 Å². The van der Waals surface area contributed by atoms with Gasteiger partial charge in [0.1, 0.15) is 6.21 Å². The van der Waals surface area contributed by atoms with Gasteiger partial charge in [0.25, 0.3) is 0 Å². The van der Waals surface area contributed by atoms with Gasteiger partial charge in [-0.05, 0) is 11.1 Å². The minimum Gasteiger partial charge on any atom is -0.212 e. The monoisotopic (exact) mass is 107 g/mol. The molecule has 2 heteroatoms. The molecule has 0 bridgehead atoms. The van der Waals surface area contributed by atoms with Crippen molar-refractivity contribution in [3.8, 4) is 0 Å². The average Bonchev–Trinajstić information content (AvgIpc) is 1.94. The van der Waals surface area contributed by atoms with Crippen LogP contribution >= 0.6 is 0 Å². The summed E-state index contributed by atoms with van der Waals surface area (Å²) in [6, 6.07) is 0. The molecule has 1 rings (SSSR count). The Labute approximate surface area is 48.0 Å². The highest BCUT2D eigenvalue weighted by molar-refractivity contribution is 5.99. The van der Waals surface area contributed by atoms with E-state index >= 15 is 0 Å². The fourth-order valence-corrected chi connectivity index (χ4v) is 0.438. The van der Waals surface area contributed by atoms with Gasteiger partial charge in [0.05, 0.1) is 0 Å². The van der Waals surface area contributed by atoms with E-state index in [1.807, 2.05) is 19.1 Å². The van der Waals surface area contributed by atoms with Gasteiger partial charge in [-0.15, -0.1) is 0 Å². The van der Waals surface area contributed by atoms with E-state index in [4.69, 9.17) is 0 Å². The molecule has 0 aromatic heterocycles. The Bertz CT molecular complexity index is 193. The van der Waals surface area contributed by atoms with Gasteiger partial charge in [0.15, 0.2) is 0 Å². The molecule has 1 aliphatic heterocycles. The van der Waals surface area contributed by atoms with Crippen molar-refractivity contribution in [1.82, 2.24) is 4.67 Å². The second kappa shape index (κ2) is 2.24. The standard InChI is InChI=1S/C6H7N2/c1-6-3-2-4-7-5-8-6/h2-5H,1H3/q+1. The zero-order chi connectivity index (χ0) is 5.82. The van der Waals surface area contributed by atoms with Crippen molar-refractivity contribution in [1.29, 1.82) is 0 Å². The number of hydrogen-bond acceptors (Lipinski definition) is 1. The van der Waals surface area contributed by atoms with Crippen LogP contribution in [0.25, 0.3) is 0 Å². The number of rotatable bonds is 0. The lowest BCUT2D eigenvalue weighted by Gasteiger charge is -1.65. The van der Waals surface area contributed by atoms with E-state index in [-0.39, 0.29) is 0 Å². The minimum atomic E-state index is 0.988. The maximum absolute atomic E-state index is 3.93. The third kappa shape index (κ3) is 1.17. The Hall–Kier alpha value is -1.14. The smallest absolute Gasteiger partial charge is 0.212 e. The first-order valence-corrected chi connectivity index (χ1v) is 2.45. The van der Waals surface area contributed by atoms with Crippen molar-refractivity contribution in [2.45, 2.75) is 6.92 Å². The largest absolute Gasteiger partial charge is 0.378 e. The van der Waals surface area contributed by atoms with Gasteiger partial charge < -0.3 is 0 Å². The molecular weight excluding hydrogens is 100 g/mol. The van der Waals surface area contributed by atoms with Crippen LogP contribution in [0.5, 0.6) is 0 Å². The molecule has 8 heavy (non-hydrogen) atoms. The molecule has 0 atom stereocenters. The molecule has 0 aromatic rings. The van der Waals surface area contributed by atoms with Gasteiger partial charge in [-0.3, -0.25) is 0 Å². The molecule has 40 valence electrons. The summed E-state index contributed by atoms with van der Waals surface area (Å²) in [6.07, 6.45) is 7.02. The number of hydrogen-bond donors (Lipinski definition) is 0. The molecule has 1 heterocycles. The highest BCUT2D eigenvalue weighted by Crippen LogP contribution is 1.73. The molecule has 0 saturated carbocycles. The molecule has 0 N–H and O–H groups in total. The van der Waals surface area contributed by atoms with Crippen molar-refractivity contribution in [3.63, 3.8) is 0 Å². The van der Waals surface area contributed by atoms with Crippen molar-refractivity contribution >= 4 is 18.3 Å². The molecule has 0 radical (unpaired) electrons. The molecule has 2 nitrogen and oxygen atoms in total. The molecule has 0 amide bonds. The van der Waals surface area contributed by atoms with E-state index in [1.54, 1.807) is 6.21 Å². The maximum atomic E-state index is 3.93. The highest BCUT2D eigenvalue weighted by atomic mass is 14.8. The second-order valence-electron chi connectivity index (χ2n) is 1.54. The van der Waals surface area contributed by atoms with Gasteiger partial charge in [0, 0.05) is 13.0 Å². The first kappa shape index (κ1) is 5.01. The summed E-state index contributed by atoms with van der Waals surface area (Å²) in [5.41, 5.74) is 0.988. The van der Waals surface area contributed by atoms with Crippen LogP contribution in [0, 0.1) is 0 Å². The van der Waals surface area contributed by atoms with Crippen LogP contribution < -0.4 is 4.67 Å². The van der Waals surface area contributed by atoms with Crippen molar-refractivity contribution in [3.05, 3.63) is 12.2 Å². The molecule has 0 saturated heterocycles. The fourth-order valence-electron chi connectivity index (χ4n) is 0.438. The molecule has 1 aliphatic rings. The Morgan fingerprint density at radius 2 is 2.50 bits per heavy atom. The number of aliphatic imine (C=N–C) groups is 1. The predicted octanol–water partition coefficient (Wildman–Crippen LogP) is 0.183. The van der Waals surface area contributed by atoms with E-state index in [0.29, 0.717) is 0 Å². The van der Waals surface area contributed by atoms with Gasteiger partial charge >= 0.3 is 6.34 Å². The zero-order valence-electron chi connectivity index (χ0n) is 4.70. The van der Waals surface area contributed by atoms with Gasteiger partial charge in [-0.25, -0.2) is 4.67 Å². The van der Waals surface area contributed by atoms with E-state index < -0.39 is 0 Å². The van der Waals surface area contributed by atoms with Gasteiger partial charge in [-0.2, -0.15) is 0 Å². The summed E-state index contributed by atoms with van der Waals surface area (Å²) in [5.74, 6) is 0. The lowest BCUT2D eigenvalue weighted by Crippen LogP contribution is -1.87. The van der Waals surface area contributed by atoms with E-state index in [9.17, 15) is 0 Å². The number of allylic oxidation sites excluding steroid dienone is 2. The summed E-state index contributed by atoms with van der Waals surface area (Å²) in [6.45, 7) is 1.93. The SMILES string of the molecule is CC1=[N+]=CN=CC=C1. The van der Waals surface area contributed by atoms with Crippen molar-refractivity contribution in [2.75, 3.05) is 0 Å². The summed E-state index contributed by atoms with van der Waals surface area (Å²) in [7, 11) is 0. The van der Waals surface area contributed by atoms with Crippen LogP contribution in [-0.2, 0) is 0 Å². The lowest BCUT2D eigenvalue weighted by molar-refractivity contribution is 1.60. The summed E-state index contributed by atoms with van der Waals surface area (Å²) in [5, 5.41) is 0. The van der Waals surface area contributed by atoms with E-state index in [0.717, 1.165) is 5.71 Å². The van der Waals surface area contributed by atoms with Crippen LogP contribution in [0.3, 0.4) is 0 Å². The van der Waals surface area contributed by atoms with Crippen molar-refractivity contribution in [2.24, 2.45) is 4.99 Å². The summed E-state index contributed by atoms with van der Waals surface area (Å²) >= 11 is 0. The molecule has 0 aromatic carbocycles. The third-order valence-electron chi connectivity index (χ3n) is 0.838. The second-order valence-corrected chi connectivity index (χ2v) is 1.54. The van der Waals surface area contributed by atoms with Crippen LogP contribution in [0.4, 0.5) is 0 Å². The Morgan fingerprint density at radius 3 is 3.38 bits per heavy atom. The normalized spacial score (nSPS) is 15.9. The van der Waals surface area contributed by atoms with Crippen LogP contribution in [0.2, 0.25) is 0 Å². The molecule has 0 spiro atoms. The Balaban J connectivity index is 2.95. The molecular formula is C6H7N2+. The third-order valence-corrected chi connectivity index (χ3v) is 0.838. The first-order chi connectivity index (χ1) is 3.89. The van der Waals surface area contributed by atoms with Crippen molar-refractivity contribution < 1.29 is 0 Å². The Kier molecular flexibility index (Phi) is 1.40. The van der Waals surface area contributed by atoms with E-state index in [2.05, 4.69) is 9.66 Å². The Morgan fingerprint density at radius 1 is 1.62 bits per heavy atom. The minimum absolute atomic E-state index is 0.988. The fraction of sp³-hybridized carbons (Fsp3) is 0.167. The number of nitrogens with zero attached hydrogens (tertiary/aromatic N) is 2. The van der Waals surface area contributed by atoms with Gasteiger partial charge in [-0.1, -0.05) is 0 Å². The maximum Gasteiger partial charge on any atom is 0.378 e. The molecule has 0 fully saturated rings. The van der Waals surface area contributed by atoms with Crippen LogP contribution in [-0.4, -0.2) is 18.3 Å². The van der Waals surface area contributed by atoms with Crippen LogP contribution in [0.15, 0.2) is 17.1 Å². The lowest BCUT2D eigenvalue weighted by atomic mass is 10.4. The average molecular weight is 107 g/mol. The quantitative estimate of drug-likeness (QED) is 0.395. The topological polar surface area (TPSA) is 26.5 Å². The first-order valence-electron chi connectivity index (χ1n) is 2.45. The highest BCUT2D eigenvalue weighted by Gasteiger charge is 1.88. The predicted molar refractivity (Wildman–Crippen MR) is 36.5 cm³/mol. The zero-order valence-corrected chi connectivity index (χ0v) is 4.70.